The van der Waals surface area contributed by atoms with Crippen molar-refractivity contribution in [2.75, 3.05) is 11.2 Å². The summed E-state index contributed by atoms with van der Waals surface area (Å²) in [6.07, 6.45) is 3.56. The Morgan fingerprint density at radius 2 is 2.00 bits per heavy atom. The van der Waals surface area contributed by atoms with Crippen LogP contribution in [0.25, 0.3) is 10.9 Å². The number of hydrogen-bond acceptors (Lipinski definition) is 5. The first-order chi connectivity index (χ1) is 12.8. The van der Waals surface area contributed by atoms with Gasteiger partial charge in [0.15, 0.2) is 14.9 Å². The second-order valence-electron chi connectivity index (χ2n) is 5.89. The number of halogens is 1. The van der Waals surface area contributed by atoms with Gasteiger partial charge in [-0.25, -0.2) is 18.4 Å². The number of sulfone groups is 1. The molecule has 0 radical (unpaired) electrons. The van der Waals surface area contributed by atoms with Gasteiger partial charge in [0.25, 0.3) is 5.91 Å². The van der Waals surface area contributed by atoms with Gasteiger partial charge in [-0.2, -0.15) is 0 Å². The highest BCUT2D eigenvalue weighted by Gasteiger charge is 2.23. The molecule has 0 bridgehead atoms. The van der Waals surface area contributed by atoms with E-state index >= 15 is 0 Å². The number of pyridine rings is 2. The molecular weight excluding hydrogens is 386 g/mol. The van der Waals surface area contributed by atoms with Gasteiger partial charge in [0, 0.05) is 17.8 Å². The van der Waals surface area contributed by atoms with Crippen LogP contribution in [0.1, 0.15) is 5.56 Å². The topological polar surface area (TPSA) is 80.2 Å². The van der Waals surface area contributed by atoms with E-state index < -0.39 is 15.7 Å². The third kappa shape index (κ3) is 4.15. The smallest absolute Gasteiger partial charge is 0.250 e. The van der Waals surface area contributed by atoms with Crippen LogP contribution in [0.4, 0.5) is 5.69 Å². The molecule has 0 N–H and O–H groups in total. The van der Waals surface area contributed by atoms with Gasteiger partial charge in [-0.05, 0) is 42.0 Å². The molecule has 0 aliphatic heterocycles. The lowest BCUT2D eigenvalue weighted by Gasteiger charge is -2.23. The van der Waals surface area contributed by atoms with Crippen molar-refractivity contribution in [3.8, 4) is 0 Å². The Balaban J connectivity index is 2.08. The van der Waals surface area contributed by atoms with Crippen molar-refractivity contribution in [2.45, 2.75) is 11.6 Å². The second kappa shape index (κ2) is 7.46. The van der Waals surface area contributed by atoms with Crippen LogP contribution in [0.3, 0.4) is 0 Å². The van der Waals surface area contributed by atoms with E-state index in [1.165, 1.54) is 11.1 Å². The van der Waals surface area contributed by atoms with Crippen LogP contribution in [0.5, 0.6) is 0 Å². The molecule has 1 amide bonds. The van der Waals surface area contributed by atoms with E-state index in [0.29, 0.717) is 10.7 Å². The van der Waals surface area contributed by atoms with E-state index in [1.54, 1.807) is 24.3 Å². The largest absolute Gasteiger partial charge is 0.302 e. The number of carbonyl (C=O) groups excluding carboxylic acids is 1. The number of rotatable bonds is 5. The fourth-order valence-corrected chi connectivity index (χ4v) is 3.65. The maximum absolute atomic E-state index is 12.5. The zero-order valence-corrected chi connectivity index (χ0v) is 16.0. The minimum atomic E-state index is -3.62. The maximum Gasteiger partial charge on any atom is 0.250 e. The van der Waals surface area contributed by atoms with Gasteiger partial charge in [-0.1, -0.05) is 30.3 Å². The molecule has 0 spiro atoms. The van der Waals surface area contributed by atoms with Crippen molar-refractivity contribution in [1.29, 1.82) is 0 Å². The summed E-state index contributed by atoms with van der Waals surface area (Å²) < 4.78 is 24.2. The minimum Gasteiger partial charge on any atom is -0.302 e. The van der Waals surface area contributed by atoms with E-state index in [2.05, 4.69) is 16.5 Å². The predicted octanol–water partition coefficient (Wildman–Crippen LogP) is 3.41. The molecule has 0 aliphatic rings. The molecular formula is C19H16ClN3O3S. The SMILES string of the molecule is C=CC(=O)N(Cc1ccc2ccc(Cl)nc2c1)c1cccnc1S(C)(=O)=O. The average Bonchev–Trinajstić information content (AvgIpc) is 2.64. The third-order valence-corrected chi connectivity index (χ3v) is 5.12. The second-order valence-corrected chi connectivity index (χ2v) is 8.21. The monoisotopic (exact) mass is 401 g/mol. The molecule has 6 nitrogen and oxygen atoms in total. The van der Waals surface area contributed by atoms with Crippen molar-refractivity contribution >= 4 is 43.9 Å². The molecule has 27 heavy (non-hydrogen) atoms. The molecule has 0 atom stereocenters. The maximum atomic E-state index is 12.5. The Kier molecular flexibility index (Phi) is 5.25. The summed E-state index contributed by atoms with van der Waals surface area (Å²) in [5.41, 5.74) is 1.64. The number of aromatic nitrogens is 2. The zero-order valence-electron chi connectivity index (χ0n) is 14.5. The Bertz CT molecular complexity index is 1150. The Morgan fingerprint density at radius 3 is 2.70 bits per heavy atom. The summed E-state index contributed by atoms with van der Waals surface area (Å²) in [5, 5.41) is 1.11. The lowest BCUT2D eigenvalue weighted by molar-refractivity contribution is -0.114. The molecule has 2 heterocycles. The van der Waals surface area contributed by atoms with Crippen LogP contribution in [0, 0.1) is 0 Å². The minimum absolute atomic E-state index is 0.128. The highest BCUT2D eigenvalue weighted by molar-refractivity contribution is 7.90. The number of benzene rings is 1. The highest BCUT2D eigenvalue weighted by atomic mass is 35.5. The normalized spacial score (nSPS) is 11.3. The molecule has 0 aliphatic carbocycles. The third-order valence-electron chi connectivity index (χ3n) is 3.90. The Hall–Kier alpha value is -2.77. The molecule has 8 heteroatoms. The van der Waals surface area contributed by atoms with Crippen LogP contribution in [0.2, 0.25) is 5.15 Å². The Morgan fingerprint density at radius 1 is 1.26 bits per heavy atom. The van der Waals surface area contributed by atoms with E-state index in [4.69, 9.17) is 11.6 Å². The number of amides is 1. The van der Waals surface area contributed by atoms with Crippen LogP contribution < -0.4 is 4.90 Å². The molecule has 0 saturated heterocycles. The lowest BCUT2D eigenvalue weighted by atomic mass is 10.1. The lowest BCUT2D eigenvalue weighted by Crippen LogP contribution is -2.30. The Labute approximate surface area is 162 Å². The molecule has 0 fully saturated rings. The van der Waals surface area contributed by atoms with Crippen molar-refractivity contribution in [1.82, 2.24) is 9.97 Å². The molecule has 2 aromatic heterocycles. The summed E-state index contributed by atoms with van der Waals surface area (Å²) in [5.74, 6) is -0.438. The van der Waals surface area contributed by atoms with Gasteiger partial charge in [0.1, 0.15) is 5.15 Å². The number of fused-ring (bicyclic) bond motifs is 1. The molecule has 1 aromatic carbocycles. The molecule has 3 rings (SSSR count). The summed E-state index contributed by atoms with van der Waals surface area (Å²) in [6, 6.07) is 12.2. The fraction of sp³-hybridized carbons (Fsp3) is 0.105. The quantitative estimate of drug-likeness (QED) is 0.483. The number of nitrogens with zero attached hydrogens (tertiary/aromatic N) is 3. The first-order valence-electron chi connectivity index (χ1n) is 7.94. The molecule has 3 aromatic rings. The van der Waals surface area contributed by atoms with Gasteiger partial charge in [0.05, 0.1) is 17.7 Å². The van der Waals surface area contributed by atoms with Gasteiger partial charge in [-0.3, -0.25) is 4.79 Å². The van der Waals surface area contributed by atoms with Crippen molar-refractivity contribution in [2.24, 2.45) is 0 Å². The van der Waals surface area contributed by atoms with Crippen LogP contribution in [-0.2, 0) is 21.2 Å². The first-order valence-corrected chi connectivity index (χ1v) is 10.2. The summed E-state index contributed by atoms with van der Waals surface area (Å²) in [4.78, 5) is 22.0. The van der Waals surface area contributed by atoms with Crippen molar-refractivity contribution in [3.05, 3.63) is 72.0 Å². The average molecular weight is 402 g/mol. The van der Waals surface area contributed by atoms with Crippen molar-refractivity contribution < 1.29 is 13.2 Å². The molecule has 138 valence electrons. The van der Waals surface area contributed by atoms with E-state index in [0.717, 1.165) is 23.3 Å². The zero-order chi connectivity index (χ0) is 19.6. The van der Waals surface area contributed by atoms with Crippen LogP contribution in [-0.4, -0.2) is 30.5 Å². The van der Waals surface area contributed by atoms with Gasteiger partial charge in [0.2, 0.25) is 0 Å². The van der Waals surface area contributed by atoms with Gasteiger partial charge < -0.3 is 4.90 Å². The van der Waals surface area contributed by atoms with Crippen LogP contribution >= 0.6 is 11.6 Å². The highest BCUT2D eigenvalue weighted by Crippen LogP contribution is 2.26. The summed E-state index contributed by atoms with van der Waals surface area (Å²) in [6.45, 7) is 3.64. The molecule has 0 saturated carbocycles. The van der Waals surface area contributed by atoms with E-state index in [9.17, 15) is 13.2 Å². The predicted molar refractivity (Wildman–Crippen MR) is 105 cm³/mol. The summed E-state index contributed by atoms with van der Waals surface area (Å²) in [7, 11) is -3.62. The molecule has 0 unspecified atom stereocenters. The fourth-order valence-electron chi connectivity index (χ4n) is 2.68. The first kappa shape index (κ1) is 19.0. The van der Waals surface area contributed by atoms with Gasteiger partial charge in [-0.15, -0.1) is 0 Å². The number of anilines is 1. The van der Waals surface area contributed by atoms with E-state index in [1.807, 2.05) is 18.2 Å². The van der Waals surface area contributed by atoms with E-state index in [-0.39, 0.29) is 17.3 Å². The number of hydrogen-bond donors (Lipinski definition) is 0. The standard InChI is InChI=1S/C19H16ClN3O3S/c1-3-18(24)23(16-5-4-10-21-19(16)27(2,25)26)12-13-6-7-14-8-9-17(20)22-15(14)11-13/h3-11H,1,12H2,2H3. The van der Waals surface area contributed by atoms with Gasteiger partial charge >= 0.3 is 0 Å². The van der Waals surface area contributed by atoms with Crippen molar-refractivity contribution in [3.63, 3.8) is 0 Å². The summed E-state index contributed by atoms with van der Waals surface area (Å²) >= 11 is 5.95. The van der Waals surface area contributed by atoms with Crippen LogP contribution in [0.15, 0.2) is 66.3 Å². The number of carbonyl (C=O) groups is 1.